The molecule has 9 rings (SSSR count). The van der Waals surface area contributed by atoms with Crippen molar-refractivity contribution in [2.45, 2.75) is 19.3 Å². The zero-order valence-electron chi connectivity index (χ0n) is 22.9. The Bertz CT molecular complexity index is 2360. The molecule has 190 valence electrons. The average molecular weight is 513 g/mol. The van der Waals surface area contributed by atoms with Crippen molar-refractivity contribution in [2.75, 3.05) is 0 Å². The van der Waals surface area contributed by atoms with Crippen LogP contribution in [0.25, 0.3) is 71.2 Å². The van der Waals surface area contributed by atoms with E-state index < -0.39 is 0 Å². The molecular formula is C38H28N2. The predicted octanol–water partition coefficient (Wildman–Crippen LogP) is 9.89. The van der Waals surface area contributed by atoms with Crippen LogP contribution in [0.15, 0.2) is 115 Å². The third-order valence-corrected chi connectivity index (χ3v) is 9.47. The second-order valence-electron chi connectivity index (χ2n) is 11.8. The second kappa shape index (κ2) is 7.43. The fourth-order valence-electron chi connectivity index (χ4n) is 7.85. The van der Waals surface area contributed by atoms with E-state index >= 15 is 0 Å². The molecule has 0 N–H and O–H groups in total. The maximum atomic E-state index is 2.55. The van der Waals surface area contributed by atoms with Gasteiger partial charge in [-0.25, -0.2) is 0 Å². The van der Waals surface area contributed by atoms with Crippen molar-refractivity contribution in [3.63, 3.8) is 0 Å². The van der Waals surface area contributed by atoms with Gasteiger partial charge in [-0.15, -0.1) is 0 Å². The first-order chi connectivity index (χ1) is 19.6. The van der Waals surface area contributed by atoms with E-state index in [9.17, 15) is 0 Å². The van der Waals surface area contributed by atoms with Crippen LogP contribution >= 0.6 is 0 Å². The molecule has 8 aromatic rings. The molecule has 0 saturated carbocycles. The molecule has 2 heteroatoms. The number of nitrogens with zero attached hydrogens (tertiary/aromatic N) is 2. The third-order valence-electron chi connectivity index (χ3n) is 9.47. The topological polar surface area (TPSA) is 9.86 Å². The SMILES string of the molecule is Cn1c2ccccc2c2cccc(-n3c4ccccc4c4c5c(c6ccccc6c43)-c3ccccc3C5(C)C)c21. The maximum Gasteiger partial charge on any atom is 0.0733 e. The standard InChI is InChI=1S/C38H28N2/c1-38(2)29-19-9-6-16-27(29)33-24-14-4-5-15-26(24)37-34(35(33)38)28-17-8-11-21-31(28)40(37)32-22-12-18-25-23-13-7-10-20-30(23)39(3)36(25)32/h4-22H,1-3H3. The fraction of sp³-hybridized carbons (Fsp3) is 0.105. The molecule has 0 unspecified atom stereocenters. The Balaban J connectivity index is 1.57. The highest BCUT2D eigenvalue weighted by Crippen LogP contribution is 2.56. The normalized spacial score (nSPS) is 14.1. The van der Waals surface area contributed by atoms with Crippen molar-refractivity contribution in [3.05, 3.63) is 126 Å². The van der Waals surface area contributed by atoms with Crippen LogP contribution in [0.5, 0.6) is 0 Å². The minimum Gasteiger partial charge on any atom is -0.342 e. The summed E-state index contributed by atoms with van der Waals surface area (Å²) in [5.41, 5.74) is 11.8. The van der Waals surface area contributed by atoms with Crippen LogP contribution in [0, 0.1) is 0 Å². The minimum absolute atomic E-state index is 0.116. The van der Waals surface area contributed by atoms with E-state index in [1.54, 1.807) is 0 Å². The van der Waals surface area contributed by atoms with Crippen LogP contribution in [-0.2, 0) is 12.5 Å². The van der Waals surface area contributed by atoms with Crippen molar-refractivity contribution in [1.29, 1.82) is 0 Å². The van der Waals surface area contributed by atoms with Crippen molar-refractivity contribution < 1.29 is 0 Å². The van der Waals surface area contributed by atoms with Crippen LogP contribution in [-0.4, -0.2) is 9.13 Å². The van der Waals surface area contributed by atoms with Crippen molar-refractivity contribution in [2.24, 2.45) is 7.05 Å². The van der Waals surface area contributed by atoms with Crippen LogP contribution in [0.3, 0.4) is 0 Å². The van der Waals surface area contributed by atoms with Gasteiger partial charge in [0.05, 0.1) is 22.2 Å². The Labute approximate surface area is 232 Å². The lowest BCUT2D eigenvalue weighted by molar-refractivity contribution is 0.667. The van der Waals surface area contributed by atoms with Gasteiger partial charge >= 0.3 is 0 Å². The summed E-state index contributed by atoms with van der Waals surface area (Å²) in [6.07, 6.45) is 0. The molecule has 6 aromatic carbocycles. The van der Waals surface area contributed by atoms with Gasteiger partial charge in [-0.3, -0.25) is 0 Å². The Morgan fingerprint density at radius 3 is 1.95 bits per heavy atom. The number of aryl methyl sites for hydroxylation is 1. The van der Waals surface area contributed by atoms with E-state index in [1.165, 1.54) is 82.3 Å². The molecule has 0 aliphatic heterocycles. The summed E-state index contributed by atoms with van der Waals surface area (Å²) < 4.78 is 4.92. The molecular weight excluding hydrogens is 484 g/mol. The number of hydrogen-bond donors (Lipinski definition) is 0. The lowest BCUT2D eigenvalue weighted by atomic mass is 9.79. The molecule has 1 aliphatic rings. The van der Waals surface area contributed by atoms with E-state index in [0.29, 0.717) is 0 Å². The van der Waals surface area contributed by atoms with Gasteiger partial charge < -0.3 is 9.13 Å². The summed E-state index contributed by atoms with van der Waals surface area (Å²) in [5.74, 6) is 0. The molecule has 0 amide bonds. The van der Waals surface area contributed by atoms with E-state index in [-0.39, 0.29) is 5.41 Å². The van der Waals surface area contributed by atoms with Crippen molar-refractivity contribution in [3.8, 4) is 16.8 Å². The fourth-order valence-corrected chi connectivity index (χ4v) is 7.85. The Morgan fingerprint density at radius 1 is 0.525 bits per heavy atom. The van der Waals surface area contributed by atoms with E-state index in [2.05, 4.69) is 145 Å². The molecule has 0 radical (unpaired) electrons. The maximum absolute atomic E-state index is 2.55. The van der Waals surface area contributed by atoms with Crippen molar-refractivity contribution in [1.82, 2.24) is 9.13 Å². The van der Waals surface area contributed by atoms with Gasteiger partial charge in [0.25, 0.3) is 0 Å². The first kappa shape index (κ1) is 22.0. The molecule has 0 atom stereocenters. The van der Waals surface area contributed by atoms with Crippen LogP contribution in [0.1, 0.15) is 25.0 Å². The number of fused-ring (bicyclic) bond motifs is 13. The number of para-hydroxylation sites is 3. The first-order valence-electron chi connectivity index (χ1n) is 14.1. The summed E-state index contributed by atoms with van der Waals surface area (Å²) in [4.78, 5) is 0. The van der Waals surface area contributed by atoms with Crippen molar-refractivity contribution >= 4 is 54.4 Å². The van der Waals surface area contributed by atoms with E-state index in [4.69, 9.17) is 0 Å². The summed E-state index contributed by atoms with van der Waals surface area (Å²) in [7, 11) is 2.21. The highest BCUT2D eigenvalue weighted by molar-refractivity contribution is 6.26. The van der Waals surface area contributed by atoms with Crippen LogP contribution < -0.4 is 0 Å². The number of hydrogen-bond acceptors (Lipinski definition) is 0. The number of aromatic nitrogens is 2. The van der Waals surface area contributed by atoms with E-state index in [1.807, 2.05) is 0 Å². The Hall–Kier alpha value is -4.82. The smallest absolute Gasteiger partial charge is 0.0733 e. The summed E-state index contributed by atoms with van der Waals surface area (Å²) in [5, 5.41) is 7.91. The number of rotatable bonds is 1. The molecule has 1 aliphatic carbocycles. The average Bonchev–Trinajstić information content (AvgIpc) is 3.57. The second-order valence-corrected chi connectivity index (χ2v) is 11.8. The van der Waals surface area contributed by atoms with Gasteiger partial charge in [0.15, 0.2) is 0 Å². The molecule has 40 heavy (non-hydrogen) atoms. The van der Waals surface area contributed by atoms with Gasteiger partial charge in [0.1, 0.15) is 0 Å². The third kappa shape index (κ3) is 2.50. The van der Waals surface area contributed by atoms with Crippen LogP contribution in [0.4, 0.5) is 0 Å². The van der Waals surface area contributed by atoms with Gasteiger partial charge in [0.2, 0.25) is 0 Å². The quantitative estimate of drug-likeness (QED) is 0.207. The zero-order valence-corrected chi connectivity index (χ0v) is 22.9. The van der Waals surface area contributed by atoms with Gasteiger partial charge in [0, 0.05) is 44.9 Å². The van der Waals surface area contributed by atoms with Gasteiger partial charge in [-0.1, -0.05) is 111 Å². The molecule has 2 heterocycles. The molecule has 0 fully saturated rings. The first-order valence-corrected chi connectivity index (χ1v) is 14.1. The lowest BCUT2D eigenvalue weighted by Crippen LogP contribution is -2.15. The predicted molar refractivity (Wildman–Crippen MR) is 170 cm³/mol. The number of benzene rings is 6. The van der Waals surface area contributed by atoms with Gasteiger partial charge in [-0.2, -0.15) is 0 Å². The summed E-state index contributed by atoms with van der Waals surface area (Å²) >= 11 is 0. The Kier molecular flexibility index (Phi) is 4.09. The lowest BCUT2D eigenvalue weighted by Gasteiger charge is -2.23. The summed E-state index contributed by atoms with van der Waals surface area (Å²) in [6.45, 7) is 4.81. The summed E-state index contributed by atoms with van der Waals surface area (Å²) in [6, 6.07) is 42.6. The molecule has 2 nitrogen and oxygen atoms in total. The molecule has 0 spiro atoms. The minimum atomic E-state index is -0.116. The molecule has 0 bridgehead atoms. The molecule has 2 aromatic heterocycles. The van der Waals surface area contributed by atoms with Crippen LogP contribution in [0.2, 0.25) is 0 Å². The highest BCUT2D eigenvalue weighted by atomic mass is 15.0. The van der Waals surface area contributed by atoms with E-state index in [0.717, 1.165) is 0 Å². The zero-order chi connectivity index (χ0) is 26.7. The monoisotopic (exact) mass is 512 g/mol. The largest absolute Gasteiger partial charge is 0.342 e. The highest BCUT2D eigenvalue weighted by Gasteiger charge is 2.39. The Morgan fingerprint density at radius 2 is 1.12 bits per heavy atom. The van der Waals surface area contributed by atoms with Gasteiger partial charge in [-0.05, 0) is 45.8 Å². The molecule has 0 saturated heterocycles.